The van der Waals surface area contributed by atoms with Crippen molar-refractivity contribution in [3.63, 3.8) is 0 Å². The van der Waals surface area contributed by atoms with Gasteiger partial charge in [0, 0.05) is 48.7 Å². The number of rotatable bonds is 4. The number of nitrogens with zero attached hydrogens (tertiary/aromatic N) is 2. The van der Waals surface area contributed by atoms with Crippen molar-refractivity contribution in [2.75, 3.05) is 13.1 Å². The molecule has 1 N–H and O–H groups in total. The molecule has 1 heterocycles. The summed E-state index contributed by atoms with van der Waals surface area (Å²) in [6, 6.07) is 5.25. The maximum absolute atomic E-state index is 11.3. The van der Waals surface area contributed by atoms with Crippen LogP contribution in [0.15, 0.2) is 22.7 Å². The maximum Gasteiger partial charge on any atom is 0.273 e. The van der Waals surface area contributed by atoms with Crippen LogP contribution in [0.1, 0.15) is 25.3 Å². The van der Waals surface area contributed by atoms with Gasteiger partial charge in [0.25, 0.3) is 5.69 Å². The average Bonchev–Trinajstić information content (AvgIpc) is 2.45. The number of hydrogen-bond acceptors (Lipinski definition) is 4. The van der Waals surface area contributed by atoms with Crippen LogP contribution in [-0.2, 0) is 11.3 Å². The normalized spacial score (nSPS) is 16.0. The summed E-state index contributed by atoms with van der Waals surface area (Å²) in [5.74, 6) is 0.107. The predicted octanol–water partition coefficient (Wildman–Crippen LogP) is 2.46. The first-order valence-corrected chi connectivity index (χ1v) is 7.68. The Bertz CT molecular complexity index is 542. The van der Waals surface area contributed by atoms with Gasteiger partial charge in [-0.1, -0.05) is 15.9 Å². The van der Waals surface area contributed by atoms with Crippen molar-refractivity contribution in [3.05, 3.63) is 38.3 Å². The monoisotopic (exact) mass is 355 g/mol. The van der Waals surface area contributed by atoms with Gasteiger partial charge in [0.05, 0.1) is 4.92 Å². The minimum absolute atomic E-state index is 0.107. The fourth-order valence-corrected chi connectivity index (χ4v) is 2.94. The van der Waals surface area contributed by atoms with E-state index in [2.05, 4.69) is 21.2 Å². The molecule has 1 aliphatic heterocycles. The van der Waals surface area contributed by atoms with Gasteiger partial charge in [0.1, 0.15) is 0 Å². The highest BCUT2D eigenvalue weighted by Crippen LogP contribution is 2.23. The molecular weight excluding hydrogens is 338 g/mol. The number of likely N-dealkylation sites (tertiary alicyclic amines) is 1. The van der Waals surface area contributed by atoms with Gasteiger partial charge in [0.2, 0.25) is 5.91 Å². The summed E-state index contributed by atoms with van der Waals surface area (Å²) in [5.41, 5.74) is 0.801. The van der Waals surface area contributed by atoms with E-state index in [-0.39, 0.29) is 16.5 Å². The number of amides is 1. The highest BCUT2D eigenvalue weighted by atomic mass is 79.9. The van der Waals surface area contributed by atoms with Gasteiger partial charge in [0.15, 0.2) is 0 Å². The Morgan fingerprint density at radius 1 is 1.48 bits per heavy atom. The molecule has 2 rings (SSSR count). The van der Waals surface area contributed by atoms with Crippen LogP contribution < -0.4 is 5.32 Å². The summed E-state index contributed by atoms with van der Waals surface area (Å²) < 4.78 is 0.830. The van der Waals surface area contributed by atoms with Crippen LogP contribution in [0.25, 0.3) is 0 Å². The zero-order valence-electron chi connectivity index (χ0n) is 11.8. The molecule has 7 heteroatoms. The van der Waals surface area contributed by atoms with Gasteiger partial charge in [-0.3, -0.25) is 14.9 Å². The second kappa shape index (κ2) is 7.00. The molecule has 1 aliphatic rings. The first kappa shape index (κ1) is 15.9. The van der Waals surface area contributed by atoms with E-state index in [0.717, 1.165) is 30.4 Å². The number of hydrogen-bond donors (Lipinski definition) is 1. The van der Waals surface area contributed by atoms with Gasteiger partial charge < -0.3 is 10.2 Å². The summed E-state index contributed by atoms with van der Waals surface area (Å²) in [7, 11) is 0. The zero-order chi connectivity index (χ0) is 15.4. The fraction of sp³-hybridized carbons (Fsp3) is 0.500. The van der Waals surface area contributed by atoms with Gasteiger partial charge in [-0.15, -0.1) is 0 Å². The molecule has 0 bridgehead atoms. The molecule has 1 saturated heterocycles. The lowest BCUT2D eigenvalue weighted by molar-refractivity contribution is -0.385. The van der Waals surface area contributed by atoms with Crippen LogP contribution in [0.2, 0.25) is 0 Å². The van der Waals surface area contributed by atoms with Gasteiger partial charge >= 0.3 is 0 Å². The third kappa shape index (κ3) is 4.25. The van der Waals surface area contributed by atoms with Crippen LogP contribution >= 0.6 is 15.9 Å². The quantitative estimate of drug-likeness (QED) is 0.664. The van der Waals surface area contributed by atoms with Crippen LogP contribution in [0.3, 0.4) is 0 Å². The van der Waals surface area contributed by atoms with E-state index in [9.17, 15) is 14.9 Å². The van der Waals surface area contributed by atoms with Crippen LogP contribution in [-0.4, -0.2) is 34.9 Å². The van der Waals surface area contributed by atoms with Crippen molar-refractivity contribution in [1.82, 2.24) is 10.2 Å². The molecule has 0 aromatic heterocycles. The van der Waals surface area contributed by atoms with Crippen molar-refractivity contribution in [1.29, 1.82) is 0 Å². The van der Waals surface area contributed by atoms with Crippen molar-refractivity contribution in [3.8, 4) is 0 Å². The Balaban J connectivity index is 1.93. The second-order valence-corrected chi connectivity index (χ2v) is 6.11. The van der Waals surface area contributed by atoms with E-state index < -0.39 is 0 Å². The molecule has 6 nitrogen and oxygen atoms in total. The summed E-state index contributed by atoms with van der Waals surface area (Å²) in [4.78, 5) is 23.8. The van der Waals surface area contributed by atoms with E-state index >= 15 is 0 Å². The van der Waals surface area contributed by atoms with E-state index in [4.69, 9.17) is 0 Å². The largest absolute Gasteiger partial charge is 0.343 e. The lowest BCUT2D eigenvalue weighted by atomic mass is 10.0. The van der Waals surface area contributed by atoms with Gasteiger partial charge in [-0.2, -0.15) is 0 Å². The van der Waals surface area contributed by atoms with Crippen LogP contribution in [0, 0.1) is 10.1 Å². The van der Waals surface area contributed by atoms with E-state index in [0.29, 0.717) is 18.2 Å². The summed E-state index contributed by atoms with van der Waals surface area (Å²) >= 11 is 3.34. The Morgan fingerprint density at radius 2 is 2.14 bits per heavy atom. The third-order valence-corrected chi connectivity index (χ3v) is 4.25. The molecule has 1 aromatic carbocycles. The Labute approximate surface area is 131 Å². The summed E-state index contributed by atoms with van der Waals surface area (Å²) in [5, 5.41) is 14.4. The summed E-state index contributed by atoms with van der Waals surface area (Å²) in [6.07, 6.45) is 1.75. The van der Waals surface area contributed by atoms with Gasteiger partial charge in [-0.05, 0) is 25.0 Å². The first-order chi connectivity index (χ1) is 9.97. The highest BCUT2D eigenvalue weighted by molar-refractivity contribution is 9.10. The number of carbonyl (C=O) groups is 1. The lowest BCUT2D eigenvalue weighted by Gasteiger charge is -2.31. The number of carbonyl (C=O) groups excluding carboxylic acids is 1. The smallest absolute Gasteiger partial charge is 0.273 e. The van der Waals surface area contributed by atoms with Crippen LogP contribution in [0.5, 0.6) is 0 Å². The molecule has 0 spiro atoms. The minimum atomic E-state index is -0.359. The molecule has 1 amide bonds. The van der Waals surface area contributed by atoms with E-state index in [1.807, 2.05) is 4.90 Å². The minimum Gasteiger partial charge on any atom is -0.343 e. The Kier molecular flexibility index (Phi) is 5.30. The highest BCUT2D eigenvalue weighted by Gasteiger charge is 2.21. The molecule has 0 saturated carbocycles. The molecule has 0 radical (unpaired) electrons. The van der Waals surface area contributed by atoms with Crippen molar-refractivity contribution in [2.45, 2.75) is 32.4 Å². The second-order valence-electron chi connectivity index (χ2n) is 5.19. The van der Waals surface area contributed by atoms with E-state index in [1.165, 1.54) is 6.07 Å². The molecule has 0 aliphatic carbocycles. The Morgan fingerprint density at radius 3 is 2.71 bits per heavy atom. The number of halogens is 1. The zero-order valence-corrected chi connectivity index (χ0v) is 13.4. The van der Waals surface area contributed by atoms with Crippen molar-refractivity contribution in [2.24, 2.45) is 0 Å². The maximum atomic E-state index is 11.3. The van der Waals surface area contributed by atoms with Gasteiger partial charge in [-0.25, -0.2) is 0 Å². The molecule has 1 aromatic rings. The predicted molar refractivity (Wildman–Crippen MR) is 82.9 cm³/mol. The molecule has 0 unspecified atom stereocenters. The molecule has 1 fully saturated rings. The third-order valence-electron chi connectivity index (χ3n) is 3.76. The topological polar surface area (TPSA) is 75.5 Å². The SMILES string of the molecule is CC(=O)N1CCC(NCc2cc(Br)ccc2[N+](=O)[O-])CC1. The molecule has 0 atom stereocenters. The fourth-order valence-electron chi connectivity index (χ4n) is 2.53. The molecule has 21 heavy (non-hydrogen) atoms. The lowest BCUT2D eigenvalue weighted by Crippen LogP contribution is -2.44. The van der Waals surface area contributed by atoms with Crippen molar-refractivity contribution >= 4 is 27.5 Å². The molecule has 114 valence electrons. The van der Waals surface area contributed by atoms with Crippen molar-refractivity contribution < 1.29 is 9.72 Å². The van der Waals surface area contributed by atoms with Crippen LogP contribution in [0.4, 0.5) is 5.69 Å². The number of piperidine rings is 1. The summed E-state index contributed by atoms with van der Waals surface area (Å²) in [6.45, 7) is 3.53. The average molecular weight is 356 g/mol. The standard InChI is InChI=1S/C14H18BrN3O3/c1-10(19)17-6-4-13(5-7-17)16-9-11-8-12(15)2-3-14(11)18(20)21/h2-3,8,13,16H,4-7,9H2,1H3. The Hall–Kier alpha value is -1.47. The number of nitrogens with one attached hydrogen (secondary N) is 1. The van der Waals surface area contributed by atoms with E-state index in [1.54, 1.807) is 19.1 Å². The number of nitro benzene ring substituents is 1. The number of benzene rings is 1. The first-order valence-electron chi connectivity index (χ1n) is 6.89. The molecular formula is C14H18BrN3O3. The number of nitro groups is 1.